The average molecular weight is 443 g/mol. The van der Waals surface area contributed by atoms with E-state index in [4.69, 9.17) is 14.2 Å². The van der Waals surface area contributed by atoms with Gasteiger partial charge in [-0.3, -0.25) is 0 Å². The number of hydrogen-bond donors (Lipinski definition) is 1. The van der Waals surface area contributed by atoms with Gasteiger partial charge in [-0.25, -0.2) is 19.2 Å². The number of methoxy groups -OCH3 is 1. The first-order valence-electron chi connectivity index (χ1n) is 9.98. The summed E-state index contributed by atoms with van der Waals surface area (Å²) in [6, 6.07) is 5.83. The summed E-state index contributed by atoms with van der Waals surface area (Å²) in [5, 5.41) is 0.906. The summed E-state index contributed by atoms with van der Waals surface area (Å²) >= 11 is 0. The number of aryl methyl sites for hydroxylation is 1. The molecule has 1 aliphatic rings. The predicted molar refractivity (Wildman–Crippen MR) is 123 cm³/mol. The molecule has 0 aliphatic carbocycles. The number of nitrogens with one attached hydrogen (secondary N) is 1. The van der Waals surface area contributed by atoms with Gasteiger partial charge < -0.3 is 18.9 Å². The molecule has 0 spiro atoms. The third-order valence-corrected chi connectivity index (χ3v) is 5.72. The van der Waals surface area contributed by atoms with Crippen LogP contribution in [0.5, 0.6) is 11.6 Å². The average Bonchev–Trinajstić information content (AvgIpc) is 2.74. The highest BCUT2D eigenvalue weighted by atomic mass is 32.2. The second-order valence-electron chi connectivity index (χ2n) is 7.65. The molecule has 9 heteroatoms. The van der Waals surface area contributed by atoms with E-state index in [1.807, 2.05) is 25.1 Å². The van der Waals surface area contributed by atoms with Crippen LogP contribution in [0.15, 0.2) is 30.7 Å². The Hall–Kier alpha value is -2.91. The van der Waals surface area contributed by atoms with Gasteiger partial charge in [0, 0.05) is 51.6 Å². The molecular weight excluding hydrogens is 416 g/mol. The van der Waals surface area contributed by atoms with Crippen LogP contribution < -0.4 is 14.2 Å². The van der Waals surface area contributed by atoms with Crippen LogP contribution in [0.4, 0.5) is 5.69 Å². The van der Waals surface area contributed by atoms with Crippen LogP contribution >= 0.6 is 0 Å². The van der Waals surface area contributed by atoms with E-state index in [0.717, 1.165) is 40.6 Å². The van der Waals surface area contributed by atoms with Gasteiger partial charge in [0.05, 0.1) is 20.3 Å². The van der Waals surface area contributed by atoms with Gasteiger partial charge in [0.1, 0.15) is 29.4 Å². The van der Waals surface area contributed by atoms with Crippen molar-refractivity contribution in [3.63, 3.8) is 0 Å². The minimum atomic E-state index is -2.50. The van der Waals surface area contributed by atoms with E-state index in [-0.39, 0.29) is 6.10 Å². The molecule has 0 saturated carbocycles. The zero-order chi connectivity index (χ0) is 22.0. The number of benzene rings is 1. The van der Waals surface area contributed by atoms with Crippen molar-refractivity contribution in [2.75, 3.05) is 31.3 Å². The van der Waals surface area contributed by atoms with Crippen LogP contribution in [0.1, 0.15) is 18.5 Å². The summed E-state index contributed by atoms with van der Waals surface area (Å²) in [7, 11) is -0.986. The van der Waals surface area contributed by atoms with Crippen LogP contribution in [0.3, 0.4) is 0 Å². The first kappa shape index (κ1) is 21.3. The molecule has 1 fully saturated rings. The molecule has 8 nitrogen and oxygen atoms in total. The number of ether oxygens (including phenoxy) is 3. The number of anilines is 1. The smallest absolute Gasteiger partial charge is 0.238 e. The Labute approximate surface area is 182 Å². The quantitative estimate of drug-likeness (QED) is 0.586. The minimum Gasteiger partial charge on any atom is -0.488 e. The fourth-order valence-corrected chi connectivity index (χ4v) is 4.18. The van der Waals surface area contributed by atoms with Crippen LogP contribution in [0, 0.1) is 6.92 Å². The van der Waals surface area contributed by atoms with Crippen LogP contribution in [-0.4, -0.2) is 57.7 Å². The van der Waals surface area contributed by atoms with Gasteiger partial charge >= 0.3 is 0 Å². The number of pyridine rings is 1. The summed E-state index contributed by atoms with van der Waals surface area (Å²) in [6.45, 7) is 3.32. The number of aromatic nitrogens is 3. The van der Waals surface area contributed by atoms with Gasteiger partial charge in [-0.1, -0.05) is 0 Å². The molecule has 3 aromatic rings. The lowest BCUT2D eigenvalue weighted by Gasteiger charge is -2.24. The molecule has 1 saturated heterocycles. The van der Waals surface area contributed by atoms with Crippen molar-refractivity contribution in [2.24, 2.45) is 0 Å². The van der Waals surface area contributed by atoms with Crippen LogP contribution in [0.25, 0.3) is 22.0 Å². The third kappa shape index (κ3) is 4.88. The van der Waals surface area contributed by atoms with E-state index >= 15 is 0 Å². The second kappa shape index (κ2) is 8.68. The van der Waals surface area contributed by atoms with Crippen molar-refractivity contribution in [3.8, 4) is 22.8 Å². The fraction of sp³-hybridized carbons (Fsp3) is 0.364. The van der Waals surface area contributed by atoms with Crippen LogP contribution in [0.2, 0.25) is 0 Å². The van der Waals surface area contributed by atoms with E-state index in [1.54, 1.807) is 12.5 Å². The monoisotopic (exact) mass is 442 g/mol. The maximum atomic E-state index is 12.2. The van der Waals surface area contributed by atoms with Gasteiger partial charge in [-0.15, -0.1) is 0 Å². The number of hydrogen-bond acceptors (Lipinski definition) is 7. The molecule has 1 aliphatic heterocycles. The highest BCUT2D eigenvalue weighted by Crippen LogP contribution is 2.36. The van der Waals surface area contributed by atoms with E-state index in [2.05, 4.69) is 25.5 Å². The molecule has 164 valence electrons. The van der Waals surface area contributed by atoms with Gasteiger partial charge in [0.2, 0.25) is 5.88 Å². The van der Waals surface area contributed by atoms with Crippen molar-refractivity contribution in [2.45, 2.75) is 25.9 Å². The zero-order valence-corrected chi connectivity index (χ0v) is 18.7. The van der Waals surface area contributed by atoms with Crippen molar-refractivity contribution in [1.29, 1.82) is 0 Å². The molecule has 1 aromatic carbocycles. The molecule has 2 aromatic heterocycles. The Morgan fingerprint density at radius 1 is 1.16 bits per heavy atom. The number of fused-ring (bicyclic) bond motifs is 1. The summed E-state index contributed by atoms with van der Waals surface area (Å²) in [6.07, 6.45) is 6.53. The first-order valence-corrected chi connectivity index (χ1v) is 12.1. The van der Waals surface area contributed by atoms with Crippen molar-refractivity contribution >= 4 is 32.2 Å². The van der Waals surface area contributed by atoms with E-state index in [0.29, 0.717) is 30.5 Å². The lowest BCUT2D eigenvalue weighted by atomic mass is 10.0. The van der Waals surface area contributed by atoms with Crippen LogP contribution in [-0.2, 0) is 14.4 Å². The highest BCUT2D eigenvalue weighted by molar-refractivity contribution is 8.00. The zero-order valence-electron chi connectivity index (χ0n) is 17.9. The Morgan fingerprint density at radius 2 is 1.94 bits per heavy atom. The summed E-state index contributed by atoms with van der Waals surface area (Å²) < 4.78 is 32.2. The highest BCUT2D eigenvalue weighted by Gasteiger charge is 2.19. The topological polar surface area (TPSA) is 95.5 Å². The summed E-state index contributed by atoms with van der Waals surface area (Å²) in [5.41, 5.74) is 3.84. The Balaban J connectivity index is 1.82. The Morgan fingerprint density at radius 3 is 2.65 bits per heavy atom. The molecule has 0 amide bonds. The first-order chi connectivity index (χ1) is 14.8. The molecule has 31 heavy (non-hydrogen) atoms. The molecule has 1 atom stereocenters. The number of rotatable bonds is 6. The molecule has 1 N–H and O–H groups in total. The Kier molecular flexibility index (Phi) is 5.97. The predicted octanol–water partition coefficient (Wildman–Crippen LogP) is 3.24. The lowest BCUT2D eigenvalue weighted by Crippen LogP contribution is -2.26. The maximum Gasteiger partial charge on any atom is 0.238 e. The van der Waals surface area contributed by atoms with Gasteiger partial charge in [0.25, 0.3) is 0 Å². The fourth-order valence-electron chi connectivity index (χ4n) is 3.57. The van der Waals surface area contributed by atoms with Gasteiger partial charge in [-0.05, 0) is 36.6 Å². The van der Waals surface area contributed by atoms with Gasteiger partial charge in [0.15, 0.2) is 0 Å². The molecule has 4 rings (SSSR count). The SMILES string of the molecule is C=S(C)(=O)Nc1cc(-c2cc(OC3CCOCC3)c3ncnc(C)c3c2)cnc1OC. The van der Waals surface area contributed by atoms with E-state index in [1.165, 1.54) is 13.4 Å². The lowest BCUT2D eigenvalue weighted by molar-refractivity contribution is 0.0261. The molecule has 1 unspecified atom stereocenters. The normalized spacial score (nSPS) is 16.6. The second-order valence-corrected chi connectivity index (χ2v) is 9.86. The molecular formula is C22H26N4O4S. The molecule has 0 bridgehead atoms. The summed E-state index contributed by atoms with van der Waals surface area (Å²) in [4.78, 5) is 13.2. The van der Waals surface area contributed by atoms with Crippen molar-refractivity contribution < 1.29 is 18.4 Å². The largest absolute Gasteiger partial charge is 0.488 e. The Bertz CT molecular complexity index is 1210. The molecule has 3 heterocycles. The van der Waals surface area contributed by atoms with E-state index in [9.17, 15) is 4.21 Å². The van der Waals surface area contributed by atoms with Crippen molar-refractivity contribution in [3.05, 3.63) is 36.4 Å². The third-order valence-electron chi connectivity index (χ3n) is 5.07. The minimum absolute atomic E-state index is 0.0737. The van der Waals surface area contributed by atoms with E-state index < -0.39 is 9.71 Å². The standard InChI is InChI=1S/C22H26N4O4S/c1-14-18-9-15(16-10-19(26-31(3,4)27)22(28-2)23-12-16)11-20(21(18)25-13-24-14)30-17-5-7-29-8-6-17/h9-13,17H,3,5-8H2,1-2,4H3,(H,26,27). The number of nitrogens with zero attached hydrogens (tertiary/aromatic N) is 3. The summed E-state index contributed by atoms with van der Waals surface area (Å²) in [5.74, 6) is 4.71. The van der Waals surface area contributed by atoms with Gasteiger partial charge in [-0.2, -0.15) is 0 Å². The maximum absolute atomic E-state index is 12.2. The molecule has 0 radical (unpaired) electrons. The van der Waals surface area contributed by atoms with Crippen molar-refractivity contribution in [1.82, 2.24) is 15.0 Å².